The van der Waals surface area contributed by atoms with Gasteiger partial charge in [0.1, 0.15) is 0 Å². The number of rotatable bonds is 4. The number of sulfonamides is 1. The second kappa shape index (κ2) is 7.13. The summed E-state index contributed by atoms with van der Waals surface area (Å²) in [4.78, 5) is 14.0. The fraction of sp³-hybridized carbons (Fsp3) is 0.611. The van der Waals surface area contributed by atoms with E-state index in [1.165, 1.54) is 0 Å². The number of benzene rings is 1. The maximum absolute atomic E-state index is 12.6. The van der Waals surface area contributed by atoms with Crippen LogP contribution < -0.4 is 9.62 Å². The predicted octanol–water partition coefficient (Wildman–Crippen LogP) is 3.59. The van der Waals surface area contributed by atoms with Gasteiger partial charge in [-0.05, 0) is 50.3 Å². The predicted molar refractivity (Wildman–Crippen MR) is 96.8 cm³/mol. The van der Waals surface area contributed by atoms with Crippen LogP contribution in [0.4, 0.5) is 11.4 Å². The van der Waals surface area contributed by atoms with Crippen molar-refractivity contribution in [1.82, 2.24) is 0 Å². The van der Waals surface area contributed by atoms with Crippen molar-refractivity contribution in [3.8, 4) is 0 Å². The quantitative estimate of drug-likeness (QED) is 0.902. The van der Waals surface area contributed by atoms with E-state index in [4.69, 9.17) is 0 Å². The Morgan fingerprint density at radius 3 is 2.54 bits per heavy atom. The third-order valence-electron chi connectivity index (χ3n) is 5.07. The summed E-state index contributed by atoms with van der Waals surface area (Å²) in [6.45, 7) is 2.66. The topological polar surface area (TPSA) is 66.5 Å². The lowest BCUT2D eigenvalue weighted by Crippen LogP contribution is -2.35. The van der Waals surface area contributed by atoms with E-state index < -0.39 is 10.0 Å². The highest BCUT2D eigenvalue weighted by molar-refractivity contribution is 7.93. The molecule has 1 saturated heterocycles. The summed E-state index contributed by atoms with van der Waals surface area (Å²) in [6, 6.07) is 5.47. The summed E-state index contributed by atoms with van der Waals surface area (Å²) in [7, 11) is -3.36. The van der Waals surface area contributed by atoms with Crippen LogP contribution in [0, 0.1) is 6.92 Å². The zero-order chi connectivity index (χ0) is 17.2. The van der Waals surface area contributed by atoms with Gasteiger partial charge >= 0.3 is 0 Å². The van der Waals surface area contributed by atoms with Crippen LogP contribution in [0.1, 0.15) is 56.9 Å². The first-order valence-electron chi connectivity index (χ1n) is 8.90. The van der Waals surface area contributed by atoms with Gasteiger partial charge in [-0.2, -0.15) is 0 Å². The van der Waals surface area contributed by atoms with Gasteiger partial charge < -0.3 is 4.90 Å². The average molecular weight is 350 g/mol. The van der Waals surface area contributed by atoms with Gasteiger partial charge in [-0.25, -0.2) is 8.42 Å². The number of aryl methyl sites for hydroxylation is 1. The summed E-state index contributed by atoms with van der Waals surface area (Å²) < 4.78 is 27.9. The number of piperidine rings is 1. The number of hydrogen-bond acceptors (Lipinski definition) is 3. The molecule has 1 aromatic rings. The van der Waals surface area contributed by atoms with E-state index in [9.17, 15) is 13.2 Å². The molecular weight excluding hydrogens is 324 g/mol. The van der Waals surface area contributed by atoms with Crippen LogP contribution in [-0.4, -0.2) is 26.1 Å². The Bertz CT molecular complexity index is 709. The molecule has 1 N–H and O–H groups in total. The van der Waals surface area contributed by atoms with E-state index in [1.807, 2.05) is 13.0 Å². The summed E-state index contributed by atoms with van der Waals surface area (Å²) in [5, 5.41) is -0.298. The Kier molecular flexibility index (Phi) is 5.13. The van der Waals surface area contributed by atoms with E-state index in [0.717, 1.165) is 56.2 Å². The molecular formula is C18H26N2O3S. The molecule has 132 valence electrons. The van der Waals surface area contributed by atoms with Gasteiger partial charge in [0.2, 0.25) is 15.9 Å². The van der Waals surface area contributed by atoms with Crippen molar-refractivity contribution >= 4 is 27.3 Å². The van der Waals surface area contributed by atoms with E-state index in [0.29, 0.717) is 18.7 Å². The Labute approximate surface area is 144 Å². The number of nitrogens with one attached hydrogen (secondary N) is 1. The Morgan fingerprint density at radius 1 is 1.08 bits per heavy atom. The third kappa shape index (κ3) is 3.74. The molecule has 0 bridgehead atoms. The van der Waals surface area contributed by atoms with Crippen molar-refractivity contribution in [2.75, 3.05) is 16.2 Å². The molecule has 1 amide bonds. The van der Waals surface area contributed by atoms with Crippen LogP contribution in [-0.2, 0) is 14.8 Å². The minimum absolute atomic E-state index is 0.122. The summed E-state index contributed by atoms with van der Waals surface area (Å²) in [5.74, 6) is 0.122. The van der Waals surface area contributed by atoms with Gasteiger partial charge in [-0.3, -0.25) is 9.52 Å². The zero-order valence-electron chi connectivity index (χ0n) is 14.3. The van der Waals surface area contributed by atoms with Gasteiger partial charge in [-0.15, -0.1) is 0 Å². The lowest BCUT2D eigenvalue weighted by Gasteiger charge is -2.29. The normalized spacial score (nSPS) is 20.2. The minimum atomic E-state index is -3.36. The average Bonchev–Trinajstić information content (AvgIpc) is 2.58. The van der Waals surface area contributed by atoms with Crippen LogP contribution in [0.5, 0.6) is 0 Å². The van der Waals surface area contributed by atoms with E-state index >= 15 is 0 Å². The highest BCUT2D eigenvalue weighted by Gasteiger charge is 2.28. The first kappa shape index (κ1) is 17.3. The van der Waals surface area contributed by atoms with Gasteiger partial charge in [0, 0.05) is 18.7 Å². The van der Waals surface area contributed by atoms with Crippen molar-refractivity contribution in [1.29, 1.82) is 0 Å². The Hall–Kier alpha value is -1.56. The molecule has 1 saturated carbocycles. The molecule has 6 heteroatoms. The Balaban J connectivity index is 1.81. The molecule has 1 heterocycles. The van der Waals surface area contributed by atoms with Crippen LogP contribution in [0.25, 0.3) is 0 Å². The molecule has 1 aliphatic carbocycles. The fourth-order valence-corrected chi connectivity index (χ4v) is 5.22. The zero-order valence-corrected chi connectivity index (χ0v) is 15.1. The van der Waals surface area contributed by atoms with Crippen molar-refractivity contribution in [2.45, 2.75) is 63.5 Å². The van der Waals surface area contributed by atoms with Crippen molar-refractivity contribution < 1.29 is 13.2 Å². The Morgan fingerprint density at radius 2 is 1.83 bits per heavy atom. The number of anilines is 2. The van der Waals surface area contributed by atoms with Gasteiger partial charge in [0.15, 0.2) is 0 Å². The number of carbonyl (C=O) groups excluding carboxylic acids is 1. The summed E-state index contributed by atoms with van der Waals surface area (Å²) in [6.07, 6.45) is 7.04. The highest BCUT2D eigenvalue weighted by Crippen LogP contribution is 2.30. The molecule has 2 aliphatic rings. The van der Waals surface area contributed by atoms with Crippen LogP contribution in [0.3, 0.4) is 0 Å². The molecule has 0 radical (unpaired) electrons. The molecule has 0 unspecified atom stereocenters. The maximum Gasteiger partial charge on any atom is 0.235 e. The summed E-state index contributed by atoms with van der Waals surface area (Å²) >= 11 is 0. The lowest BCUT2D eigenvalue weighted by molar-refractivity contribution is -0.119. The smallest absolute Gasteiger partial charge is 0.235 e. The molecule has 1 aromatic carbocycles. The molecule has 2 fully saturated rings. The molecule has 3 rings (SSSR count). The fourth-order valence-electron chi connectivity index (χ4n) is 3.65. The van der Waals surface area contributed by atoms with Crippen molar-refractivity contribution in [3.05, 3.63) is 23.8 Å². The van der Waals surface area contributed by atoms with Crippen LogP contribution >= 0.6 is 0 Å². The SMILES string of the molecule is Cc1ccc(NS(=O)(=O)C2CCCCC2)cc1N1CCCCC1=O. The first-order valence-corrected chi connectivity index (χ1v) is 10.4. The standard InChI is InChI=1S/C18H26N2O3S/c1-14-10-11-15(13-17(14)20-12-6-5-9-18(20)21)19-24(22,23)16-7-3-2-4-8-16/h10-11,13,16,19H,2-9,12H2,1H3. The van der Waals surface area contributed by atoms with Gasteiger partial charge in [-0.1, -0.05) is 25.3 Å². The molecule has 1 aliphatic heterocycles. The van der Waals surface area contributed by atoms with Gasteiger partial charge in [0.05, 0.1) is 10.9 Å². The highest BCUT2D eigenvalue weighted by atomic mass is 32.2. The van der Waals surface area contributed by atoms with E-state index in [1.54, 1.807) is 17.0 Å². The van der Waals surface area contributed by atoms with E-state index in [-0.39, 0.29) is 11.2 Å². The number of nitrogens with zero attached hydrogens (tertiary/aromatic N) is 1. The molecule has 0 aromatic heterocycles. The van der Waals surface area contributed by atoms with E-state index in [2.05, 4.69) is 4.72 Å². The molecule has 5 nitrogen and oxygen atoms in total. The van der Waals surface area contributed by atoms with Crippen molar-refractivity contribution in [2.24, 2.45) is 0 Å². The maximum atomic E-state index is 12.6. The number of amides is 1. The second-order valence-corrected chi connectivity index (χ2v) is 8.87. The molecule has 0 atom stereocenters. The number of hydrogen-bond donors (Lipinski definition) is 1. The monoisotopic (exact) mass is 350 g/mol. The minimum Gasteiger partial charge on any atom is -0.312 e. The molecule has 0 spiro atoms. The molecule has 24 heavy (non-hydrogen) atoms. The van der Waals surface area contributed by atoms with Crippen LogP contribution in [0.15, 0.2) is 18.2 Å². The second-order valence-electron chi connectivity index (χ2n) is 6.91. The first-order chi connectivity index (χ1) is 11.5. The number of carbonyl (C=O) groups is 1. The van der Waals surface area contributed by atoms with Crippen LogP contribution in [0.2, 0.25) is 0 Å². The third-order valence-corrected chi connectivity index (χ3v) is 6.94. The van der Waals surface area contributed by atoms with Crippen molar-refractivity contribution in [3.63, 3.8) is 0 Å². The largest absolute Gasteiger partial charge is 0.312 e. The van der Waals surface area contributed by atoms with Gasteiger partial charge in [0.25, 0.3) is 0 Å². The summed E-state index contributed by atoms with van der Waals surface area (Å²) in [5.41, 5.74) is 2.37. The lowest BCUT2D eigenvalue weighted by atomic mass is 10.0.